The first-order valence-corrected chi connectivity index (χ1v) is 5.83. The first-order valence-electron chi connectivity index (χ1n) is 4.25. The Morgan fingerprint density at radius 1 is 1.36 bits per heavy atom. The van der Waals surface area contributed by atoms with Crippen molar-refractivity contribution in [1.29, 1.82) is 0 Å². The van der Waals surface area contributed by atoms with Crippen LogP contribution in [0.3, 0.4) is 0 Å². The second-order valence-electron chi connectivity index (χ2n) is 3.93. The molecule has 5 nitrogen and oxygen atoms in total. The van der Waals surface area contributed by atoms with E-state index in [2.05, 4.69) is 9.50 Å². The Morgan fingerprint density at radius 3 is 2.21 bits per heavy atom. The highest BCUT2D eigenvalue weighted by Gasteiger charge is 2.21. The normalized spacial score (nSPS) is 12.6. The van der Waals surface area contributed by atoms with Crippen molar-refractivity contribution in [3.8, 4) is 0 Å². The molecule has 0 radical (unpaired) electrons. The van der Waals surface area contributed by atoms with Gasteiger partial charge in [-0.2, -0.15) is 8.42 Å². The highest BCUT2D eigenvalue weighted by Crippen LogP contribution is 2.11. The van der Waals surface area contributed by atoms with Crippen LogP contribution < -0.4 is 5.32 Å². The van der Waals surface area contributed by atoms with Gasteiger partial charge in [-0.1, -0.05) is 20.8 Å². The zero-order chi connectivity index (χ0) is 11.4. The Balaban J connectivity index is 3.94. The van der Waals surface area contributed by atoms with Crippen LogP contribution in [0.15, 0.2) is 0 Å². The predicted octanol–water partition coefficient (Wildman–Crippen LogP) is 0.125. The van der Waals surface area contributed by atoms with Gasteiger partial charge < -0.3 is 5.32 Å². The maximum atomic E-state index is 11.3. The maximum absolute atomic E-state index is 11.3. The molecule has 6 heteroatoms. The molecule has 0 aliphatic rings. The second kappa shape index (κ2) is 4.75. The summed E-state index contributed by atoms with van der Waals surface area (Å²) in [6.07, 6.45) is 0. The Bertz CT molecular complexity index is 289. The molecule has 1 amide bonds. The van der Waals surface area contributed by atoms with Crippen LogP contribution in [0.1, 0.15) is 20.8 Å². The second-order valence-corrected chi connectivity index (χ2v) is 5.79. The third kappa shape index (κ3) is 5.18. The molecule has 0 bridgehead atoms. The SMILES string of the molecule is COS(=O)(=O)CCNC(=O)C(C)(C)C. The fraction of sp³-hybridized carbons (Fsp3) is 0.875. The minimum atomic E-state index is -3.48. The summed E-state index contributed by atoms with van der Waals surface area (Å²) >= 11 is 0. The highest BCUT2D eigenvalue weighted by atomic mass is 32.2. The fourth-order valence-corrected chi connectivity index (χ4v) is 1.16. The lowest BCUT2D eigenvalue weighted by Gasteiger charge is -2.17. The first kappa shape index (κ1) is 13.4. The van der Waals surface area contributed by atoms with Crippen molar-refractivity contribution in [3.05, 3.63) is 0 Å². The molecule has 14 heavy (non-hydrogen) atoms. The number of hydrogen-bond acceptors (Lipinski definition) is 4. The van der Waals surface area contributed by atoms with Crippen molar-refractivity contribution in [2.45, 2.75) is 20.8 Å². The van der Waals surface area contributed by atoms with Gasteiger partial charge in [0.05, 0.1) is 12.9 Å². The quantitative estimate of drug-likeness (QED) is 0.687. The minimum absolute atomic E-state index is 0.0757. The standard InChI is InChI=1S/C8H17NO4S/c1-8(2,3)7(10)9-5-6-14(11,12)13-4/h5-6H2,1-4H3,(H,9,10). The van der Waals surface area contributed by atoms with Gasteiger partial charge in [-0.05, 0) is 0 Å². The molecule has 0 saturated carbocycles. The molecule has 0 rings (SSSR count). The Kier molecular flexibility index (Phi) is 4.54. The summed E-state index contributed by atoms with van der Waals surface area (Å²) in [6.45, 7) is 5.35. The molecule has 0 heterocycles. The third-order valence-corrected chi connectivity index (χ3v) is 2.78. The van der Waals surface area contributed by atoms with Gasteiger partial charge in [0, 0.05) is 12.0 Å². The van der Waals surface area contributed by atoms with E-state index in [4.69, 9.17) is 0 Å². The lowest BCUT2D eigenvalue weighted by Crippen LogP contribution is -2.37. The largest absolute Gasteiger partial charge is 0.355 e. The summed E-state index contributed by atoms with van der Waals surface area (Å²) in [4.78, 5) is 11.3. The summed E-state index contributed by atoms with van der Waals surface area (Å²) in [5, 5.41) is 2.51. The minimum Gasteiger partial charge on any atom is -0.355 e. The van der Waals surface area contributed by atoms with Gasteiger partial charge in [0.15, 0.2) is 0 Å². The number of rotatable bonds is 4. The molecule has 0 fully saturated rings. The van der Waals surface area contributed by atoms with Crippen LogP contribution in [0.25, 0.3) is 0 Å². The molecule has 0 spiro atoms. The lowest BCUT2D eigenvalue weighted by molar-refractivity contribution is -0.128. The fourth-order valence-electron chi connectivity index (χ4n) is 0.638. The zero-order valence-electron chi connectivity index (χ0n) is 8.96. The Hall–Kier alpha value is -0.620. The van der Waals surface area contributed by atoms with Gasteiger partial charge in [0.25, 0.3) is 10.1 Å². The summed E-state index contributed by atoms with van der Waals surface area (Å²) in [5.41, 5.74) is -0.503. The summed E-state index contributed by atoms with van der Waals surface area (Å²) < 4.78 is 25.9. The number of amides is 1. The average Bonchev–Trinajstić information content (AvgIpc) is 2.02. The van der Waals surface area contributed by atoms with Gasteiger partial charge >= 0.3 is 0 Å². The van der Waals surface area contributed by atoms with E-state index in [1.807, 2.05) is 0 Å². The molecule has 0 atom stereocenters. The predicted molar refractivity (Wildman–Crippen MR) is 53.3 cm³/mol. The molecular weight excluding hydrogens is 206 g/mol. The van der Waals surface area contributed by atoms with Crippen LogP contribution in [0.5, 0.6) is 0 Å². The smallest absolute Gasteiger partial charge is 0.268 e. The number of carbonyl (C=O) groups is 1. The lowest BCUT2D eigenvalue weighted by atomic mass is 9.96. The molecule has 0 aromatic rings. The van der Waals surface area contributed by atoms with E-state index in [9.17, 15) is 13.2 Å². The summed E-state index contributed by atoms with van der Waals surface area (Å²) in [6, 6.07) is 0. The molecule has 0 aliphatic carbocycles. The molecule has 0 aromatic carbocycles. The van der Waals surface area contributed by atoms with E-state index in [0.29, 0.717) is 0 Å². The highest BCUT2D eigenvalue weighted by molar-refractivity contribution is 7.86. The van der Waals surface area contributed by atoms with Gasteiger partial charge in [-0.15, -0.1) is 0 Å². The van der Waals surface area contributed by atoms with E-state index in [0.717, 1.165) is 7.11 Å². The monoisotopic (exact) mass is 223 g/mol. The average molecular weight is 223 g/mol. The molecule has 84 valence electrons. The third-order valence-electron chi connectivity index (χ3n) is 1.57. The van der Waals surface area contributed by atoms with Crippen molar-refractivity contribution >= 4 is 16.0 Å². The van der Waals surface area contributed by atoms with E-state index in [1.165, 1.54) is 0 Å². The first-order chi connectivity index (χ1) is 6.19. The summed E-state index contributed by atoms with van der Waals surface area (Å²) in [5.74, 6) is -0.380. The van der Waals surface area contributed by atoms with Crippen molar-refractivity contribution in [1.82, 2.24) is 5.32 Å². The topological polar surface area (TPSA) is 72.5 Å². The van der Waals surface area contributed by atoms with E-state index in [-0.39, 0.29) is 18.2 Å². The molecule has 1 N–H and O–H groups in total. The van der Waals surface area contributed by atoms with E-state index >= 15 is 0 Å². The summed E-state index contributed by atoms with van der Waals surface area (Å²) in [7, 11) is -2.38. The van der Waals surface area contributed by atoms with Gasteiger partial charge in [-0.3, -0.25) is 8.98 Å². The van der Waals surface area contributed by atoms with Crippen molar-refractivity contribution in [2.75, 3.05) is 19.4 Å². The van der Waals surface area contributed by atoms with Crippen LogP contribution >= 0.6 is 0 Å². The number of nitrogens with one attached hydrogen (secondary N) is 1. The molecule has 0 aromatic heterocycles. The van der Waals surface area contributed by atoms with Crippen molar-refractivity contribution in [2.24, 2.45) is 5.41 Å². The van der Waals surface area contributed by atoms with Crippen LogP contribution in [0.2, 0.25) is 0 Å². The van der Waals surface area contributed by atoms with Crippen molar-refractivity contribution < 1.29 is 17.4 Å². The Labute approximate surface area is 85.0 Å². The molecule has 0 aliphatic heterocycles. The van der Waals surface area contributed by atoms with E-state index < -0.39 is 15.5 Å². The number of hydrogen-bond donors (Lipinski definition) is 1. The number of carbonyl (C=O) groups excluding carboxylic acids is 1. The van der Waals surface area contributed by atoms with Gasteiger partial charge in [-0.25, -0.2) is 0 Å². The van der Waals surface area contributed by atoms with Gasteiger partial charge in [0.2, 0.25) is 5.91 Å². The van der Waals surface area contributed by atoms with Crippen LogP contribution in [0, 0.1) is 5.41 Å². The molecular formula is C8H17NO4S. The zero-order valence-corrected chi connectivity index (χ0v) is 9.77. The molecule has 0 saturated heterocycles. The van der Waals surface area contributed by atoms with Crippen LogP contribution in [-0.2, 0) is 19.1 Å². The maximum Gasteiger partial charge on any atom is 0.268 e. The van der Waals surface area contributed by atoms with Crippen LogP contribution in [0.4, 0.5) is 0 Å². The van der Waals surface area contributed by atoms with Crippen LogP contribution in [-0.4, -0.2) is 33.7 Å². The molecule has 0 unspecified atom stereocenters. The Morgan fingerprint density at radius 2 is 1.86 bits per heavy atom. The van der Waals surface area contributed by atoms with Crippen molar-refractivity contribution in [3.63, 3.8) is 0 Å². The van der Waals surface area contributed by atoms with E-state index in [1.54, 1.807) is 20.8 Å². The van der Waals surface area contributed by atoms with Gasteiger partial charge in [0.1, 0.15) is 0 Å².